The minimum Gasteiger partial charge on any atom is -0.462 e. The van der Waals surface area contributed by atoms with Crippen molar-refractivity contribution >= 4 is 23.4 Å². The predicted molar refractivity (Wildman–Crippen MR) is 74.5 cm³/mol. The molecule has 0 aliphatic carbocycles. The lowest BCUT2D eigenvalue weighted by Gasteiger charge is -2.07. The third kappa shape index (κ3) is 2.72. The largest absolute Gasteiger partial charge is 0.462 e. The minimum absolute atomic E-state index is 0.161. The number of Topliss-reactive ketones (excluding diaryl/α,β-unsaturated/α-hetero) is 1. The average Bonchev–Trinajstić information content (AvgIpc) is 2.84. The second-order valence-corrected chi connectivity index (χ2v) is 4.51. The van der Waals surface area contributed by atoms with Gasteiger partial charge < -0.3 is 4.74 Å². The Bertz CT molecular complexity index is 647. The highest BCUT2D eigenvalue weighted by molar-refractivity contribution is 6.30. The summed E-state index contributed by atoms with van der Waals surface area (Å²) < 4.78 is 6.33. The zero-order valence-corrected chi connectivity index (χ0v) is 11.8. The first-order valence-electron chi connectivity index (χ1n) is 6.06. The quantitative estimate of drug-likeness (QED) is 0.642. The van der Waals surface area contributed by atoms with E-state index in [2.05, 4.69) is 5.10 Å². The molecule has 2 aromatic rings. The number of ether oxygens (including phenoxy) is 1. The topological polar surface area (TPSA) is 61.2 Å². The van der Waals surface area contributed by atoms with Gasteiger partial charge in [0.2, 0.25) is 0 Å². The highest BCUT2D eigenvalue weighted by Crippen LogP contribution is 2.18. The van der Waals surface area contributed by atoms with Crippen LogP contribution in [0.15, 0.2) is 30.5 Å². The third-order valence-corrected chi connectivity index (χ3v) is 2.92. The number of halogens is 1. The predicted octanol–water partition coefficient (Wildman–Crippen LogP) is 2.91. The van der Waals surface area contributed by atoms with Gasteiger partial charge in [-0.3, -0.25) is 4.79 Å². The minimum atomic E-state index is -0.557. The molecule has 20 heavy (non-hydrogen) atoms. The van der Waals surface area contributed by atoms with Crippen LogP contribution in [0.25, 0.3) is 5.69 Å². The molecule has 0 fully saturated rings. The average molecular weight is 293 g/mol. The van der Waals surface area contributed by atoms with Gasteiger partial charge in [-0.25, -0.2) is 9.48 Å². The molecule has 0 aliphatic rings. The van der Waals surface area contributed by atoms with Gasteiger partial charge in [0.25, 0.3) is 0 Å². The van der Waals surface area contributed by atoms with Crippen molar-refractivity contribution in [3.8, 4) is 5.69 Å². The molecule has 2 rings (SSSR count). The Balaban J connectivity index is 2.52. The smallest absolute Gasteiger partial charge is 0.342 e. The van der Waals surface area contributed by atoms with Gasteiger partial charge in [0.05, 0.1) is 18.5 Å². The Kier molecular flexibility index (Phi) is 4.20. The van der Waals surface area contributed by atoms with Crippen LogP contribution in [0.5, 0.6) is 0 Å². The molecule has 0 unspecified atom stereocenters. The van der Waals surface area contributed by atoms with Crippen LogP contribution in [-0.4, -0.2) is 28.1 Å². The molecule has 1 aromatic carbocycles. The summed E-state index contributed by atoms with van der Waals surface area (Å²) in [7, 11) is 0. The number of carbonyl (C=O) groups is 2. The molecule has 0 bridgehead atoms. The monoisotopic (exact) mass is 292 g/mol. The van der Waals surface area contributed by atoms with Crippen molar-refractivity contribution in [1.29, 1.82) is 0 Å². The molecule has 0 N–H and O–H groups in total. The second-order valence-electron chi connectivity index (χ2n) is 4.07. The van der Waals surface area contributed by atoms with E-state index in [4.69, 9.17) is 16.3 Å². The van der Waals surface area contributed by atoms with Crippen LogP contribution in [0.4, 0.5) is 0 Å². The molecular formula is C14H13ClN2O3. The number of ketones is 1. The van der Waals surface area contributed by atoms with Gasteiger partial charge in [-0.05, 0) is 31.2 Å². The van der Waals surface area contributed by atoms with Crippen LogP contribution in [0.2, 0.25) is 5.02 Å². The van der Waals surface area contributed by atoms with E-state index in [1.54, 1.807) is 31.2 Å². The van der Waals surface area contributed by atoms with E-state index in [-0.39, 0.29) is 23.6 Å². The van der Waals surface area contributed by atoms with Crippen LogP contribution in [-0.2, 0) is 4.74 Å². The van der Waals surface area contributed by atoms with Crippen molar-refractivity contribution in [2.45, 2.75) is 13.8 Å². The number of benzene rings is 1. The molecule has 6 heteroatoms. The Morgan fingerprint density at radius 3 is 2.50 bits per heavy atom. The molecule has 104 valence electrons. The first kappa shape index (κ1) is 14.3. The lowest BCUT2D eigenvalue weighted by molar-refractivity contribution is 0.0523. The summed E-state index contributed by atoms with van der Waals surface area (Å²) in [6, 6.07) is 6.81. The van der Waals surface area contributed by atoms with Crippen molar-refractivity contribution in [2.24, 2.45) is 0 Å². The normalized spacial score (nSPS) is 10.3. The van der Waals surface area contributed by atoms with Crippen LogP contribution >= 0.6 is 11.6 Å². The van der Waals surface area contributed by atoms with Crippen molar-refractivity contribution in [3.05, 3.63) is 46.7 Å². The first-order chi connectivity index (χ1) is 9.54. The zero-order valence-electron chi connectivity index (χ0n) is 11.1. The third-order valence-electron chi connectivity index (χ3n) is 2.67. The molecule has 0 spiro atoms. The molecule has 1 aromatic heterocycles. The van der Waals surface area contributed by atoms with Gasteiger partial charge in [0.15, 0.2) is 5.78 Å². The van der Waals surface area contributed by atoms with Gasteiger partial charge in [-0.2, -0.15) is 5.10 Å². The van der Waals surface area contributed by atoms with Gasteiger partial charge >= 0.3 is 5.97 Å². The molecule has 0 atom stereocenters. The first-order valence-corrected chi connectivity index (χ1v) is 6.44. The molecule has 1 heterocycles. The molecule has 0 aliphatic heterocycles. The van der Waals surface area contributed by atoms with Crippen LogP contribution < -0.4 is 0 Å². The van der Waals surface area contributed by atoms with Crippen molar-refractivity contribution < 1.29 is 14.3 Å². The summed E-state index contributed by atoms with van der Waals surface area (Å²) in [5.74, 6) is -0.821. The Hall–Kier alpha value is -2.14. The van der Waals surface area contributed by atoms with Gasteiger partial charge in [-0.1, -0.05) is 11.6 Å². The second kappa shape index (κ2) is 5.88. The van der Waals surface area contributed by atoms with E-state index in [9.17, 15) is 9.59 Å². The van der Waals surface area contributed by atoms with Crippen molar-refractivity contribution in [2.75, 3.05) is 6.61 Å². The summed E-state index contributed by atoms with van der Waals surface area (Å²) >= 11 is 5.83. The van der Waals surface area contributed by atoms with Gasteiger partial charge in [-0.15, -0.1) is 0 Å². The lowest BCUT2D eigenvalue weighted by Crippen LogP contribution is -2.12. The lowest BCUT2D eigenvalue weighted by atomic mass is 10.2. The number of hydrogen-bond donors (Lipinski definition) is 0. The fourth-order valence-electron chi connectivity index (χ4n) is 1.82. The zero-order chi connectivity index (χ0) is 14.7. The van der Waals surface area contributed by atoms with E-state index < -0.39 is 5.97 Å². The van der Waals surface area contributed by atoms with E-state index >= 15 is 0 Å². The van der Waals surface area contributed by atoms with E-state index in [1.165, 1.54) is 17.8 Å². The molecule has 5 nitrogen and oxygen atoms in total. The Morgan fingerprint density at radius 1 is 1.30 bits per heavy atom. The van der Waals surface area contributed by atoms with E-state index in [1.807, 2.05) is 0 Å². The number of aromatic nitrogens is 2. The van der Waals surface area contributed by atoms with Crippen LogP contribution in [0, 0.1) is 0 Å². The highest BCUT2D eigenvalue weighted by atomic mass is 35.5. The molecule has 0 saturated heterocycles. The fourth-order valence-corrected chi connectivity index (χ4v) is 1.95. The molecule has 0 amide bonds. The Morgan fingerprint density at radius 2 is 1.95 bits per heavy atom. The SMILES string of the molecule is CCOC(=O)c1cnn(-c2ccc(Cl)cc2)c1C(C)=O. The summed E-state index contributed by atoms with van der Waals surface area (Å²) in [5.41, 5.74) is 1.01. The van der Waals surface area contributed by atoms with E-state index in [0.29, 0.717) is 10.7 Å². The molecule has 0 saturated carbocycles. The van der Waals surface area contributed by atoms with Crippen LogP contribution in [0.3, 0.4) is 0 Å². The number of rotatable bonds is 4. The maximum absolute atomic E-state index is 11.8. The van der Waals surface area contributed by atoms with Crippen molar-refractivity contribution in [1.82, 2.24) is 9.78 Å². The summed E-state index contributed by atoms with van der Waals surface area (Å²) in [5, 5.41) is 4.67. The maximum atomic E-state index is 11.8. The number of esters is 1. The van der Waals surface area contributed by atoms with Gasteiger partial charge in [0, 0.05) is 11.9 Å². The molecule has 0 radical (unpaired) electrons. The van der Waals surface area contributed by atoms with E-state index in [0.717, 1.165) is 0 Å². The standard InChI is InChI=1S/C14H13ClN2O3/c1-3-20-14(19)12-8-16-17(13(12)9(2)18)11-6-4-10(15)5-7-11/h4-8H,3H2,1-2H3. The number of hydrogen-bond acceptors (Lipinski definition) is 4. The van der Waals surface area contributed by atoms with Crippen LogP contribution in [0.1, 0.15) is 34.7 Å². The summed E-state index contributed by atoms with van der Waals surface area (Å²) in [6.45, 7) is 3.32. The number of carbonyl (C=O) groups excluding carboxylic acids is 2. The maximum Gasteiger partial charge on any atom is 0.342 e. The summed E-state index contributed by atoms with van der Waals surface area (Å²) in [4.78, 5) is 23.6. The fraction of sp³-hybridized carbons (Fsp3) is 0.214. The molecular weight excluding hydrogens is 280 g/mol. The number of nitrogens with zero attached hydrogens (tertiary/aromatic N) is 2. The summed E-state index contributed by atoms with van der Waals surface area (Å²) in [6.07, 6.45) is 1.34. The Labute approximate surface area is 121 Å². The van der Waals surface area contributed by atoms with Crippen molar-refractivity contribution in [3.63, 3.8) is 0 Å². The highest BCUT2D eigenvalue weighted by Gasteiger charge is 2.22. The van der Waals surface area contributed by atoms with Gasteiger partial charge in [0.1, 0.15) is 11.3 Å².